The van der Waals surface area contributed by atoms with E-state index in [4.69, 9.17) is 5.11 Å². The molecule has 1 heterocycles. The van der Waals surface area contributed by atoms with E-state index in [0.29, 0.717) is 18.8 Å². The summed E-state index contributed by atoms with van der Waals surface area (Å²) in [4.78, 5) is 24.1. The van der Waals surface area contributed by atoms with E-state index in [0.717, 1.165) is 0 Å². The minimum atomic E-state index is -1.03. The summed E-state index contributed by atoms with van der Waals surface area (Å²) in [7, 11) is 0. The molecule has 0 bridgehead atoms. The predicted octanol–water partition coefficient (Wildman–Crippen LogP) is 1.62. The molecule has 0 aliphatic rings. The Labute approximate surface area is 112 Å². The Hall–Kier alpha value is -2.05. The van der Waals surface area contributed by atoms with Crippen molar-refractivity contribution in [1.82, 2.24) is 14.7 Å². The topological polar surface area (TPSA) is 87.5 Å². The van der Waals surface area contributed by atoms with Gasteiger partial charge in [0.1, 0.15) is 6.54 Å². The zero-order valence-corrected chi connectivity index (χ0v) is 11.5. The van der Waals surface area contributed by atoms with Gasteiger partial charge in [-0.2, -0.15) is 5.10 Å². The second kappa shape index (κ2) is 6.77. The molecule has 0 saturated heterocycles. The van der Waals surface area contributed by atoms with Crippen molar-refractivity contribution in [2.45, 2.75) is 39.8 Å². The number of hydrogen-bond acceptors (Lipinski definition) is 3. The van der Waals surface area contributed by atoms with E-state index in [2.05, 4.69) is 10.4 Å². The van der Waals surface area contributed by atoms with Crippen molar-refractivity contribution < 1.29 is 14.7 Å². The third-order valence-corrected chi connectivity index (χ3v) is 2.89. The maximum absolute atomic E-state index is 12.0. The average molecular weight is 268 g/mol. The van der Waals surface area contributed by atoms with E-state index in [9.17, 15) is 9.59 Å². The molecule has 0 fully saturated rings. The highest BCUT2D eigenvalue weighted by atomic mass is 16.4. The lowest BCUT2D eigenvalue weighted by Gasteiger charge is -2.26. The van der Waals surface area contributed by atoms with E-state index in [1.807, 2.05) is 20.8 Å². The van der Waals surface area contributed by atoms with Crippen LogP contribution in [0.15, 0.2) is 12.3 Å². The Morgan fingerprint density at radius 2 is 2.21 bits per heavy atom. The van der Waals surface area contributed by atoms with Gasteiger partial charge in [0, 0.05) is 24.8 Å². The zero-order valence-electron chi connectivity index (χ0n) is 11.5. The van der Waals surface area contributed by atoms with Gasteiger partial charge in [-0.1, -0.05) is 6.92 Å². The molecule has 0 spiro atoms. The van der Waals surface area contributed by atoms with Gasteiger partial charge in [0.25, 0.3) is 0 Å². The van der Waals surface area contributed by atoms with Crippen molar-refractivity contribution in [3.05, 3.63) is 12.3 Å². The highest BCUT2D eigenvalue weighted by molar-refractivity contribution is 5.90. The molecule has 0 aliphatic carbocycles. The van der Waals surface area contributed by atoms with Crippen molar-refractivity contribution in [1.29, 1.82) is 0 Å². The van der Waals surface area contributed by atoms with Crippen LogP contribution in [0.4, 0.5) is 10.6 Å². The molecular weight excluding hydrogens is 248 g/mol. The number of aryl methyl sites for hydroxylation is 1. The quantitative estimate of drug-likeness (QED) is 0.820. The Morgan fingerprint density at radius 3 is 2.68 bits per heavy atom. The summed E-state index contributed by atoms with van der Waals surface area (Å²) < 4.78 is 1.68. The molecule has 1 aromatic heterocycles. The minimum Gasteiger partial charge on any atom is -0.480 e. The van der Waals surface area contributed by atoms with Crippen molar-refractivity contribution in [2.75, 3.05) is 11.9 Å². The number of aromatic nitrogens is 2. The molecule has 1 unspecified atom stereocenters. The minimum absolute atomic E-state index is 0.149. The van der Waals surface area contributed by atoms with Gasteiger partial charge in [-0.25, -0.2) is 4.79 Å². The van der Waals surface area contributed by atoms with Crippen LogP contribution in [0.2, 0.25) is 0 Å². The molecular formula is C12H20N4O3. The van der Waals surface area contributed by atoms with Gasteiger partial charge < -0.3 is 10.0 Å². The van der Waals surface area contributed by atoms with Crippen LogP contribution in [-0.2, 0) is 11.3 Å². The summed E-state index contributed by atoms with van der Waals surface area (Å²) in [5.74, 6) is -0.611. The summed E-state index contributed by atoms with van der Waals surface area (Å²) in [6.45, 7) is 6.04. The van der Waals surface area contributed by atoms with Gasteiger partial charge in [0.2, 0.25) is 0 Å². The molecule has 0 saturated carbocycles. The molecule has 2 amide bonds. The Morgan fingerprint density at radius 1 is 1.53 bits per heavy atom. The summed E-state index contributed by atoms with van der Waals surface area (Å²) in [6.07, 6.45) is 2.44. The maximum atomic E-state index is 12.0. The number of carboxylic acids is 1. The van der Waals surface area contributed by atoms with Crippen LogP contribution in [0.1, 0.15) is 27.2 Å². The first-order chi connectivity index (χ1) is 8.97. The SMILES string of the molecule is CCC(C)N(CC(=O)O)C(=O)Nc1ccn(CC)n1. The fourth-order valence-corrected chi connectivity index (χ4v) is 1.58. The molecule has 0 aliphatic heterocycles. The molecule has 7 heteroatoms. The number of carbonyl (C=O) groups is 2. The zero-order chi connectivity index (χ0) is 14.4. The van der Waals surface area contributed by atoms with E-state index in [-0.39, 0.29) is 12.6 Å². The third-order valence-electron chi connectivity index (χ3n) is 2.89. The van der Waals surface area contributed by atoms with E-state index in [1.165, 1.54) is 4.90 Å². The normalized spacial score (nSPS) is 11.9. The molecule has 1 rings (SSSR count). The monoisotopic (exact) mass is 268 g/mol. The predicted molar refractivity (Wildman–Crippen MR) is 71.0 cm³/mol. The van der Waals surface area contributed by atoms with Crippen molar-refractivity contribution in [2.24, 2.45) is 0 Å². The van der Waals surface area contributed by atoms with Crippen LogP contribution in [-0.4, -0.2) is 44.4 Å². The van der Waals surface area contributed by atoms with Crippen LogP contribution < -0.4 is 5.32 Å². The van der Waals surface area contributed by atoms with Gasteiger partial charge in [-0.15, -0.1) is 0 Å². The first kappa shape index (κ1) is 15.0. The molecule has 0 aromatic carbocycles. The number of rotatable bonds is 6. The number of nitrogens with zero attached hydrogens (tertiary/aromatic N) is 3. The van der Waals surface area contributed by atoms with Crippen LogP contribution in [0.25, 0.3) is 0 Å². The van der Waals surface area contributed by atoms with Gasteiger partial charge in [0.05, 0.1) is 0 Å². The molecule has 19 heavy (non-hydrogen) atoms. The lowest BCUT2D eigenvalue weighted by molar-refractivity contribution is -0.138. The van der Waals surface area contributed by atoms with Gasteiger partial charge in [0.15, 0.2) is 5.82 Å². The molecule has 2 N–H and O–H groups in total. The summed E-state index contributed by atoms with van der Waals surface area (Å²) >= 11 is 0. The van der Waals surface area contributed by atoms with Crippen LogP contribution in [0.5, 0.6) is 0 Å². The highest BCUT2D eigenvalue weighted by Gasteiger charge is 2.22. The molecule has 106 valence electrons. The smallest absolute Gasteiger partial charge is 0.323 e. The number of anilines is 1. The molecule has 7 nitrogen and oxygen atoms in total. The number of urea groups is 1. The Balaban J connectivity index is 2.73. The van der Waals surface area contributed by atoms with E-state index < -0.39 is 12.0 Å². The fraction of sp³-hybridized carbons (Fsp3) is 0.583. The highest BCUT2D eigenvalue weighted by Crippen LogP contribution is 2.08. The first-order valence-corrected chi connectivity index (χ1v) is 6.30. The summed E-state index contributed by atoms with van der Waals surface area (Å²) in [5.41, 5.74) is 0. The number of amides is 2. The van der Waals surface area contributed by atoms with Gasteiger partial charge in [-0.05, 0) is 20.3 Å². The summed E-state index contributed by atoms with van der Waals surface area (Å²) in [5, 5.41) is 15.6. The second-order valence-corrected chi connectivity index (χ2v) is 4.27. The number of carboxylic acid groups (broad SMARTS) is 1. The van der Waals surface area contributed by atoms with Crippen LogP contribution in [0, 0.1) is 0 Å². The number of carbonyl (C=O) groups excluding carboxylic acids is 1. The van der Waals surface area contributed by atoms with Crippen LogP contribution >= 0.6 is 0 Å². The van der Waals surface area contributed by atoms with E-state index in [1.54, 1.807) is 16.9 Å². The Kier molecular flexibility index (Phi) is 5.35. The van der Waals surface area contributed by atoms with Crippen molar-refractivity contribution in [3.63, 3.8) is 0 Å². The standard InChI is InChI=1S/C12H20N4O3/c1-4-9(3)16(8-11(17)18)12(19)13-10-6-7-15(5-2)14-10/h6-7,9H,4-5,8H2,1-3H3,(H,17,18)(H,13,14,19). The van der Waals surface area contributed by atoms with E-state index >= 15 is 0 Å². The third kappa shape index (κ3) is 4.27. The second-order valence-electron chi connectivity index (χ2n) is 4.27. The van der Waals surface area contributed by atoms with Gasteiger partial charge in [-0.3, -0.25) is 14.8 Å². The molecule has 0 radical (unpaired) electrons. The summed E-state index contributed by atoms with van der Waals surface area (Å²) in [6, 6.07) is 1.08. The largest absolute Gasteiger partial charge is 0.480 e. The number of hydrogen-bond donors (Lipinski definition) is 2. The fourth-order valence-electron chi connectivity index (χ4n) is 1.58. The Bertz CT molecular complexity index is 444. The first-order valence-electron chi connectivity index (χ1n) is 6.30. The lowest BCUT2D eigenvalue weighted by atomic mass is 10.2. The maximum Gasteiger partial charge on any atom is 0.323 e. The van der Waals surface area contributed by atoms with Crippen molar-refractivity contribution in [3.8, 4) is 0 Å². The lowest BCUT2D eigenvalue weighted by Crippen LogP contribution is -2.44. The van der Waals surface area contributed by atoms with Crippen molar-refractivity contribution >= 4 is 17.8 Å². The van der Waals surface area contributed by atoms with Gasteiger partial charge >= 0.3 is 12.0 Å². The number of aliphatic carboxylic acids is 1. The average Bonchev–Trinajstić information content (AvgIpc) is 2.82. The molecule has 1 aromatic rings. The van der Waals surface area contributed by atoms with Crippen LogP contribution in [0.3, 0.4) is 0 Å². The number of nitrogens with one attached hydrogen (secondary N) is 1. The molecule has 1 atom stereocenters.